The van der Waals surface area contributed by atoms with E-state index in [9.17, 15) is 55.2 Å². The van der Waals surface area contributed by atoms with E-state index in [1.165, 1.54) is 0 Å². The molecule has 15 heteroatoms. The number of carbonyl (C=O) groups is 3. The molecule has 10 atom stereocenters. The zero-order chi connectivity index (χ0) is 21.3. The third-order valence-corrected chi connectivity index (χ3v) is 4.01. The Hall–Kier alpha value is -1.79. The van der Waals surface area contributed by atoms with Gasteiger partial charge >= 0.3 is 18.1 Å². The fourth-order valence-corrected chi connectivity index (χ4v) is 2.41. The van der Waals surface area contributed by atoms with Crippen LogP contribution in [0.3, 0.4) is 0 Å². The molecule has 2 rings (SSSR count). The summed E-state index contributed by atoms with van der Waals surface area (Å²) in [6, 6.07) is 0. The highest BCUT2D eigenvalue weighted by molar-refractivity contribution is 5.91. The first kappa shape index (κ1) is 22.5. The van der Waals surface area contributed by atoms with Crippen molar-refractivity contribution in [2.75, 3.05) is 0 Å². The van der Waals surface area contributed by atoms with Crippen LogP contribution in [-0.4, -0.2) is 120 Å². The summed E-state index contributed by atoms with van der Waals surface area (Å²) < 4.78 is 17.1. The number of carbonyl (C=O) groups excluding carboxylic acids is 3. The van der Waals surface area contributed by atoms with Gasteiger partial charge in [0, 0.05) is 0 Å². The molecular weight excluding hydrogens is 396 g/mol. The fourth-order valence-electron chi connectivity index (χ4n) is 2.41. The van der Waals surface area contributed by atoms with Crippen LogP contribution >= 0.6 is 0 Å². The van der Waals surface area contributed by atoms with Crippen LogP contribution in [-0.2, 0) is 28.5 Å². The smallest absolute Gasteiger partial charge is 0.387 e. The van der Waals surface area contributed by atoms with Gasteiger partial charge in [0.05, 0.1) is 0 Å². The van der Waals surface area contributed by atoms with Crippen LogP contribution in [0.25, 0.3) is 0 Å². The summed E-state index contributed by atoms with van der Waals surface area (Å²) in [6.45, 7) is 0. The molecular formula is C13H18O15. The van der Waals surface area contributed by atoms with Gasteiger partial charge in [-0.25, -0.2) is 14.4 Å². The molecule has 2 fully saturated rings. The van der Waals surface area contributed by atoms with E-state index >= 15 is 0 Å². The van der Waals surface area contributed by atoms with Crippen LogP contribution in [0, 0.1) is 0 Å². The van der Waals surface area contributed by atoms with Gasteiger partial charge in [-0.3, -0.25) is 0 Å². The molecule has 160 valence electrons. The molecule has 0 aromatic rings. The van der Waals surface area contributed by atoms with Gasteiger partial charge in [0.25, 0.3) is 0 Å². The van der Waals surface area contributed by atoms with E-state index in [2.05, 4.69) is 18.9 Å². The second-order valence-electron chi connectivity index (χ2n) is 5.93. The lowest BCUT2D eigenvalue weighted by molar-refractivity contribution is -0.281. The summed E-state index contributed by atoms with van der Waals surface area (Å²) >= 11 is 0. The lowest BCUT2D eigenvalue weighted by Gasteiger charge is -2.37. The largest absolute Gasteiger partial charge is 0.524 e. The summed E-state index contributed by atoms with van der Waals surface area (Å²) in [7, 11) is 0. The van der Waals surface area contributed by atoms with Crippen LogP contribution in [0.2, 0.25) is 0 Å². The first-order chi connectivity index (χ1) is 13.0. The van der Waals surface area contributed by atoms with Crippen molar-refractivity contribution in [3.63, 3.8) is 0 Å². The molecule has 2 heterocycles. The second kappa shape index (κ2) is 8.70. The van der Waals surface area contributed by atoms with Gasteiger partial charge in [-0.15, -0.1) is 0 Å². The molecule has 0 saturated carbocycles. The predicted octanol–water partition coefficient (Wildman–Crippen LogP) is -6.21. The topological polar surface area (TPSA) is 250 Å². The van der Waals surface area contributed by atoms with Crippen molar-refractivity contribution in [1.29, 1.82) is 0 Å². The van der Waals surface area contributed by atoms with Gasteiger partial charge in [-0.2, -0.15) is 0 Å². The maximum absolute atomic E-state index is 11.8. The number of hydrogen-bond donors (Lipinski definition) is 8. The van der Waals surface area contributed by atoms with Crippen molar-refractivity contribution in [3.05, 3.63) is 0 Å². The van der Waals surface area contributed by atoms with Crippen molar-refractivity contribution in [2.45, 2.75) is 61.4 Å². The maximum atomic E-state index is 11.8. The maximum Gasteiger partial charge on any atom is 0.524 e. The average molecular weight is 414 g/mol. The first-order valence-electron chi connectivity index (χ1n) is 7.68. The van der Waals surface area contributed by atoms with Crippen LogP contribution in [0.15, 0.2) is 0 Å². The molecule has 8 N–H and O–H groups in total. The summed E-state index contributed by atoms with van der Waals surface area (Å²) in [5.74, 6) is -3.42. The van der Waals surface area contributed by atoms with Gasteiger partial charge in [-0.05, 0) is 0 Å². The molecule has 0 spiro atoms. The first-order valence-corrected chi connectivity index (χ1v) is 7.68. The van der Waals surface area contributed by atoms with Crippen LogP contribution in [0.1, 0.15) is 0 Å². The summed E-state index contributed by atoms with van der Waals surface area (Å²) in [5, 5.41) is 75.3. The molecule has 0 amide bonds. The highest BCUT2D eigenvalue weighted by Crippen LogP contribution is 2.22. The molecule has 0 aromatic heterocycles. The minimum Gasteiger partial charge on any atom is -0.387 e. The monoisotopic (exact) mass is 414 g/mol. The van der Waals surface area contributed by atoms with E-state index in [1.807, 2.05) is 0 Å². The van der Waals surface area contributed by atoms with Gasteiger partial charge < -0.3 is 59.8 Å². The van der Waals surface area contributed by atoms with E-state index < -0.39 is 79.5 Å². The number of hydrogen-bond acceptors (Lipinski definition) is 15. The summed E-state index contributed by atoms with van der Waals surface area (Å²) in [4.78, 5) is 35.0. The third kappa shape index (κ3) is 4.44. The van der Waals surface area contributed by atoms with Crippen molar-refractivity contribution in [3.8, 4) is 0 Å². The van der Waals surface area contributed by atoms with E-state index in [-0.39, 0.29) is 0 Å². The van der Waals surface area contributed by atoms with E-state index in [1.54, 1.807) is 0 Å². The molecule has 2 saturated heterocycles. The molecule has 0 radical (unpaired) electrons. The lowest BCUT2D eigenvalue weighted by Crippen LogP contribution is -2.60. The standard InChI is InChI=1S/C13H18O15/c14-1-3(16)7(25-9(20)5(1)18)11(22)27-13(24)28-12(23)8-4(17)2(15)6(19)10(21)26-8/h1-10,14-21H/t1-,2-,3-,4-,5+,6+,7-,8-,9+,10+/m0/s1. The average Bonchev–Trinajstić information content (AvgIpc) is 2.63. The zero-order valence-corrected chi connectivity index (χ0v) is 13.7. The predicted molar refractivity (Wildman–Crippen MR) is 75.4 cm³/mol. The number of aliphatic hydroxyl groups is 8. The van der Waals surface area contributed by atoms with Gasteiger partial charge in [0.1, 0.15) is 36.6 Å². The van der Waals surface area contributed by atoms with Crippen LogP contribution < -0.4 is 0 Å². The van der Waals surface area contributed by atoms with E-state index in [0.29, 0.717) is 0 Å². The Morgan fingerprint density at radius 3 is 1.18 bits per heavy atom. The molecule has 0 bridgehead atoms. The van der Waals surface area contributed by atoms with Gasteiger partial charge in [0.15, 0.2) is 24.8 Å². The zero-order valence-electron chi connectivity index (χ0n) is 13.7. The Labute approximate surface area is 154 Å². The number of esters is 2. The molecule has 0 aliphatic carbocycles. The van der Waals surface area contributed by atoms with E-state index in [4.69, 9.17) is 0 Å². The second-order valence-corrected chi connectivity index (χ2v) is 5.93. The van der Waals surface area contributed by atoms with Crippen molar-refractivity contribution < 1.29 is 74.2 Å². The highest BCUT2D eigenvalue weighted by Gasteiger charge is 2.49. The number of ether oxygens (including phenoxy) is 4. The molecule has 2 aliphatic heterocycles. The number of rotatable bonds is 2. The number of aliphatic hydroxyl groups excluding tert-OH is 8. The Morgan fingerprint density at radius 2 is 0.857 bits per heavy atom. The minimum absolute atomic E-state index is 1.71. The highest BCUT2D eigenvalue weighted by atomic mass is 16.8. The molecule has 2 aliphatic rings. The fraction of sp³-hybridized carbons (Fsp3) is 0.769. The van der Waals surface area contributed by atoms with Crippen molar-refractivity contribution in [1.82, 2.24) is 0 Å². The van der Waals surface area contributed by atoms with Crippen LogP contribution in [0.4, 0.5) is 4.79 Å². The van der Waals surface area contributed by atoms with Crippen molar-refractivity contribution in [2.24, 2.45) is 0 Å². The normalized spacial score (nSPS) is 43.9. The molecule has 28 heavy (non-hydrogen) atoms. The third-order valence-electron chi connectivity index (χ3n) is 4.01. The van der Waals surface area contributed by atoms with E-state index in [0.717, 1.165) is 0 Å². The molecule has 15 nitrogen and oxygen atoms in total. The van der Waals surface area contributed by atoms with Gasteiger partial charge in [-0.1, -0.05) is 0 Å². The minimum atomic E-state index is -2.13. The Morgan fingerprint density at radius 1 is 0.536 bits per heavy atom. The molecule has 0 aromatic carbocycles. The van der Waals surface area contributed by atoms with Crippen LogP contribution in [0.5, 0.6) is 0 Å². The molecule has 0 unspecified atom stereocenters. The summed E-state index contributed by atoms with van der Waals surface area (Å²) in [6.07, 6.45) is -22.7. The quantitative estimate of drug-likeness (QED) is 0.154. The lowest BCUT2D eigenvalue weighted by atomic mass is 9.99. The Kier molecular flexibility index (Phi) is 6.99. The Balaban J connectivity index is 1.94. The summed E-state index contributed by atoms with van der Waals surface area (Å²) in [5.41, 5.74) is 0. The Bertz CT molecular complexity index is 559. The van der Waals surface area contributed by atoms with Gasteiger partial charge in [0.2, 0.25) is 0 Å². The SMILES string of the molecule is O=C(OC(=O)[C@H]1O[C@@H](O)[C@H](O)[C@@H](O)[C@@H]1O)OC(=O)[C@H]1O[C@@H](O)[C@H](O)[C@@H](O)[C@@H]1O. The van der Waals surface area contributed by atoms with Crippen molar-refractivity contribution >= 4 is 18.1 Å².